The Balaban J connectivity index is 3.28. The minimum Gasteiger partial charge on any atom is -0.465 e. The molecule has 0 spiro atoms. The third-order valence-corrected chi connectivity index (χ3v) is 1.65. The zero-order valence-electron chi connectivity index (χ0n) is 7.17. The van der Waals surface area contributed by atoms with Crippen LogP contribution in [0.15, 0.2) is 0 Å². The molecular formula is C7H8ClN3O2. The highest BCUT2D eigenvalue weighted by Crippen LogP contribution is 2.15. The first-order valence-corrected chi connectivity index (χ1v) is 3.82. The van der Waals surface area contributed by atoms with Crippen LogP contribution >= 0.6 is 11.6 Å². The number of anilines is 1. The molecule has 2 N–H and O–H groups in total. The number of rotatable bonds is 1. The minimum absolute atomic E-state index is 0.0163. The SMILES string of the molecule is COC(=O)c1c(C)nc(Cl)nc1N. The highest BCUT2D eigenvalue weighted by molar-refractivity contribution is 6.28. The van der Waals surface area contributed by atoms with Crippen LogP contribution < -0.4 is 5.73 Å². The summed E-state index contributed by atoms with van der Waals surface area (Å²) in [6.45, 7) is 1.61. The number of hydrogen-bond acceptors (Lipinski definition) is 5. The standard InChI is InChI=1S/C7H8ClN3O2/c1-3-4(6(12)13-2)5(9)11-7(8)10-3/h1-2H3,(H2,9,10,11). The van der Waals surface area contributed by atoms with Gasteiger partial charge >= 0.3 is 5.97 Å². The quantitative estimate of drug-likeness (QED) is 0.537. The van der Waals surface area contributed by atoms with Crippen molar-refractivity contribution in [2.45, 2.75) is 6.92 Å². The summed E-state index contributed by atoms with van der Waals surface area (Å²) in [4.78, 5) is 18.6. The fourth-order valence-corrected chi connectivity index (χ4v) is 1.13. The summed E-state index contributed by atoms with van der Waals surface area (Å²) in [5, 5.41) is 0.0163. The highest BCUT2D eigenvalue weighted by Gasteiger charge is 2.16. The summed E-state index contributed by atoms with van der Waals surface area (Å²) in [7, 11) is 1.26. The van der Waals surface area contributed by atoms with E-state index in [1.807, 2.05) is 0 Å². The Labute approximate surface area is 79.9 Å². The van der Waals surface area contributed by atoms with Gasteiger partial charge in [0.05, 0.1) is 12.8 Å². The number of methoxy groups -OCH3 is 1. The van der Waals surface area contributed by atoms with Crippen LogP contribution in [0, 0.1) is 6.92 Å². The number of aromatic nitrogens is 2. The van der Waals surface area contributed by atoms with E-state index in [0.717, 1.165) is 0 Å². The second-order valence-electron chi connectivity index (χ2n) is 2.33. The number of esters is 1. The van der Waals surface area contributed by atoms with Gasteiger partial charge in [-0.05, 0) is 18.5 Å². The molecule has 1 aromatic rings. The molecule has 6 heteroatoms. The largest absolute Gasteiger partial charge is 0.465 e. The zero-order chi connectivity index (χ0) is 10.0. The average Bonchev–Trinajstić information content (AvgIpc) is 2.02. The molecule has 0 radical (unpaired) electrons. The van der Waals surface area contributed by atoms with Gasteiger partial charge in [-0.3, -0.25) is 0 Å². The van der Waals surface area contributed by atoms with Crippen LogP contribution in [0.4, 0.5) is 5.82 Å². The van der Waals surface area contributed by atoms with Gasteiger partial charge in [0.2, 0.25) is 5.28 Å². The Hall–Kier alpha value is -1.36. The summed E-state index contributed by atoms with van der Waals surface area (Å²) < 4.78 is 4.50. The van der Waals surface area contributed by atoms with Crippen LogP contribution in [0.1, 0.15) is 16.1 Å². The van der Waals surface area contributed by atoms with Crippen molar-refractivity contribution >= 4 is 23.4 Å². The van der Waals surface area contributed by atoms with Gasteiger partial charge in [0.15, 0.2) is 0 Å². The van der Waals surface area contributed by atoms with Crippen LogP contribution in [-0.2, 0) is 4.74 Å². The molecular weight excluding hydrogens is 194 g/mol. The third kappa shape index (κ3) is 1.86. The van der Waals surface area contributed by atoms with E-state index in [1.54, 1.807) is 6.92 Å². The molecule has 0 bridgehead atoms. The number of halogens is 1. The fraction of sp³-hybridized carbons (Fsp3) is 0.286. The minimum atomic E-state index is -0.563. The predicted molar refractivity (Wildman–Crippen MR) is 47.5 cm³/mol. The number of aryl methyl sites for hydroxylation is 1. The molecule has 1 aromatic heterocycles. The molecule has 13 heavy (non-hydrogen) atoms. The smallest absolute Gasteiger partial charge is 0.343 e. The van der Waals surface area contributed by atoms with Crippen LogP contribution in [0.3, 0.4) is 0 Å². The van der Waals surface area contributed by atoms with Gasteiger partial charge in [-0.15, -0.1) is 0 Å². The maximum Gasteiger partial charge on any atom is 0.343 e. The van der Waals surface area contributed by atoms with E-state index < -0.39 is 5.97 Å². The van der Waals surface area contributed by atoms with E-state index in [9.17, 15) is 4.79 Å². The number of carbonyl (C=O) groups excluding carboxylic acids is 1. The van der Waals surface area contributed by atoms with E-state index in [-0.39, 0.29) is 16.7 Å². The van der Waals surface area contributed by atoms with E-state index in [0.29, 0.717) is 5.69 Å². The van der Waals surface area contributed by atoms with Gasteiger partial charge in [-0.1, -0.05) is 0 Å². The van der Waals surface area contributed by atoms with Crippen molar-refractivity contribution < 1.29 is 9.53 Å². The first-order valence-electron chi connectivity index (χ1n) is 3.44. The number of hydrogen-bond donors (Lipinski definition) is 1. The van der Waals surface area contributed by atoms with Gasteiger partial charge in [-0.2, -0.15) is 0 Å². The Kier molecular flexibility index (Phi) is 2.67. The molecule has 0 aliphatic rings. The van der Waals surface area contributed by atoms with Gasteiger partial charge in [0.25, 0.3) is 0 Å². The third-order valence-electron chi connectivity index (χ3n) is 1.48. The van der Waals surface area contributed by atoms with Crippen LogP contribution in [0.2, 0.25) is 5.28 Å². The van der Waals surface area contributed by atoms with Crippen LogP contribution in [0.5, 0.6) is 0 Å². The Morgan fingerprint density at radius 2 is 2.15 bits per heavy atom. The van der Waals surface area contributed by atoms with Crippen molar-refractivity contribution in [3.8, 4) is 0 Å². The maximum absolute atomic E-state index is 11.1. The Bertz CT molecular complexity index is 331. The van der Waals surface area contributed by atoms with Crippen molar-refractivity contribution in [1.29, 1.82) is 0 Å². The number of nitrogens with zero attached hydrogens (tertiary/aromatic N) is 2. The molecule has 5 nitrogen and oxygen atoms in total. The second kappa shape index (κ2) is 3.57. The molecule has 0 saturated carbocycles. The van der Waals surface area contributed by atoms with Crippen molar-refractivity contribution in [3.63, 3.8) is 0 Å². The summed E-state index contributed by atoms with van der Waals surface area (Å²) in [6, 6.07) is 0. The molecule has 0 aromatic carbocycles. The molecule has 0 unspecified atom stereocenters. The van der Waals surface area contributed by atoms with Crippen LogP contribution in [-0.4, -0.2) is 23.0 Å². The van der Waals surface area contributed by atoms with Gasteiger partial charge < -0.3 is 10.5 Å². The fourth-order valence-electron chi connectivity index (χ4n) is 0.914. The number of ether oxygens (including phenoxy) is 1. The zero-order valence-corrected chi connectivity index (χ0v) is 7.92. The van der Waals surface area contributed by atoms with E-state index >= 15 is 0 Å². The van der Waals surface area contributed by atoms with Crippen LogP contribution in [0.25, 0.3) is 0 Å². The van der Waals surface area contributed by atoms with Crippen molar-refractivity contribution in [1.82, 2.24) is 9.97 Å². The lowest BCUT2D eigenvalue weighted by Crippen LogP contribution is -2.11. The lowest BCUT2D eigenvalue weighted by molar-refractivity contribution is 0.0600. The maximum atomic E-state index is 11.1. The van der Waals surface area contributed by atoms with Crippen molar-refractivity contribution in [2.75, 3.05) is 12.8 Å². The second-order valence-corrected chi connectivity index (χ2v) is 2.67. The molecule has 0 aliphatic carbocycles. The molecule has 0 amide bonds. The monoisotopic (exact) mass is 201 g/mol. The first kappa shape index (κ1) is 9.73. The Morgan fingerprint density at radius 1 is 1.54 bits per heavy atom. The normalized spacial score (nSPS) is 9.77. The van der Waals surface area contributed by atoms with E-state index in [2.05, 4.69) is 14.7 Å². The molecule has 1 rings (SSSR count). The summed E-state index contributed by atoms with van der Waals surface area (Å²) in [5.74, 6) is -0.531. The molecule has 0 atom stereocenters. The lowest BCUT2D eigenvalue weighted by Gasteiger charge is -2.05. The topological polar surface area (TPSA) is 78.1 Å². The van der Waals surface area contributed by atoms with E-state index in [4.69, 9.17) is 17.3 Å². The highest BCUT2D eigenvalue weighted by atomic mass is 35.5. The predicted octanol–water partition coefficient (Wildman–Crippen LogP) is 0.807. The van der Waals surface area contributed by atoms with Gasteiger partial charge in [0.1, 0.15) is 11.4 Å². The van der Waals surface area contributed by atoms with Crippen molar-refractivity contribution in [3.05, 3.63) is 16.5 Å². The van der Waals surface area contributed by atoms with Crippen molar-refractivity contribution in [2.24, 2.45) is 0 Å². The Morgan fingerprint density at radius 3 is 2.62 bits per heavy atom. The summed E-state index contributed by atoms with van der Waals surface area (Å²) in [6.07, 6.45) is 0. The number of nitrogens with two attached hydrogens (primary N) is 1. The summed E-state index contributed by atoms with van der Waals surface area (Å²) >= 11 is 5.52. The molecule has 70 valence electrons. The first-order chi connectivity index (χ1) is 6.06. The van der Waals surface area contributed by atoms with Gasteiger partial charge in [0, 0.05) is 0 Å². The molecule has 1 heterocycles. The molecule has 0 saturated heterocycles. The summed E-state index contributed by atoms with van der Waals surface area (Å²) in [5.41, 5.74) is 6.03. The number of nitrogen functional groups attached to an aromatic ring is 1. The number of carbonyl (C=O) groups is 1. The average molecular weight is 202 g/mol. The van der Waals surface area contributed by atoms with Gasteiger partial charge in [-0.25, -0.2) is 14.8 Å². The molecule has 0 aliphatic heterocycles. The molecule has 0 fully saturated rings. The lowest BCUT2D eigenvalue weighted by atomic mass is 10.2. The van der Waals surface area contributed by atoms with E-state index in [1.165, 1.54) is 7.11 Å².